The zero-order valence-electron chi connectivity index (χ0n) is 14.0. The molecule has 4 rings (SSSR count). The van der Waals surface area contributed by atoms with Gasteiger partial charge < -0.3 is 13.9 Å². The van der Waals surface area contributed by atoms with Gasteiger partial charge in [0.05, 0.1) is 6.54 Å². The number of hydrogen-bond acceptors (Lipinski definition) is 3. The molecule has 0 unspecified atom stereocenters. The Morgan fingerprint density at radius 1 is 1.35 bits per heavy atom. The molecule has 1 fully saturated rings. The zero-order chi connectivity index (χ0) is 16.2. The molecule has 2 aliphatic rings. The summed E-state index contributed by atoms with van der Waals surface area (Å²) in [7, 11) is 0. The number of amides is 1. The van der Waals surface area contributed by atoms with Gasteiger partial charge in [-0.3, -0.25) is 4.79 Å². The summed E-state index contributed by atoms with van der Waals surface area (Å²) >= 11 is 0. The number of oxazole rings is 1. The van der Waals surface area contributed by atoms with Crippen molar-refractivity contribution in [2.45, 2.75) is 58.0 Å². The van der Waals surface area contributed by atoms with Gasteiger partial charge in [-0.2, -0.15) is 0 Å². The van der Waals surface area contributed by atoms with E-state index in [4.69, 9.17) is 4.42 Å². The van der Waals surface area contributed by atoms with Crippen LogP contribution in [-0.2, 0) is 18.4 Å². The third-order valence-corrected chi connectivity index (χ3v) is 4.59. The summed E-state index contributed by atoms with van der Waals surface area (Å²) in [4.78, 5) is 19.4. The topological polar surface area (TPSA) is 51.3 Å². The SMILES string of the molecule is CC(C)(C)c1nc2c(o1)CCN(C(=O)c1cccn1C1CC1)C2. The molecule has 3 heterocycles. The summed E-state index contributed by atoms with van der Waals surface area (Å²) in [5.41, 5.74) is 1.61. The Morgan fingerprint density at radius 3 is 2.83 bits per heavy atom. The zero-order valence-corrected chi connectivity index (χ0v) is 14.0. The molecule has 0 spiro atoms. The minimum Gasteiger partial charge on any atom is -0.445 e. The second-order valence-electron chi connectivity index (χ2n) is 7.65. The smallest absolute Gasteiger partial charge is 0.270 e. The highest BCUT2D eigenvalue weighted by molar-refractivity contribution is 5.93. The van der Waals surface area contributed by atoms with Crippen LogP contribution in [0.15, 0.2) is 22.7 Å². The van der Waals surface area contributed by atoms with Crippen molar-refractivity contribution in [1.82, 2.24) is 14.5 Å². The van der Waals surface area contributed by atoms with Crippen LogP contribution in [0.1, 0.15) is 67.5 Å². The number of nitrogens with zero attached hydrogens (tertiary/aromatic N) is 3. The molecule has 122 valence electrons. The quantitative estimate of drug-likeness (QED) is 0.854. The van der Waals surface area contributed by atoms with Crippen molar-refractivity contribution in [2.75, 3.05) is 6.54 Å². The van der Waals surface area contributed by atoms with E-state index in [2.05, 4.69) is 30.3 Å². The number of carbonyl (C=O) groups excluding carboxylic acids is 1. The van der Waals surface area contributed by atoms with Crippen molar-refractivity contribution >= 4 is 5.91 Å². The van der Waals surface area contributed by atoms with Crippen molar-refractivity contribution in [2.24, 2.45) is 0 Å². The van der Waals surface area contributed by atoms with Gasteiger partial charge in [-0.05, 0) is 25.0 Å². The van der Waals surface area contributed by atoms with Crippen LogP contribution in [0.5, 0.6) is 0 Å². The lowest BCUT2D eigenvalue weighted by Gasteiger charge is -2.25. The molecule has 0 radical (unpaired) electrons. The first kappa shape index (κ1) is 14.5. The molecule has 2 aromatic rings. The summed E-state index contributed by atoms with van der Waals surface area (Å²) in [6, 6.07) is 4.41. The molecule has 0 aromatic carbocycles. The molecule has 0 N–H and O–H groups in total. The average Bonchev–Trinajstić information content (AvgIpc) is 3.07. The number of fused-ring (bicyclic) bond motifs is 1. The van der Waals surface area contributed by atoms with Gasteiger partial charge in [-0.25, -0.2) is 4.98 Å². The van der Waals surface area contributed by atoms with E-state index >= 15 is 0 Å². The third kappa shape index (κ3) is 2.58. The maximum atomic E-state index is 12.9. The van der Waals surface area contributed by atoms with E-state index in [1.807, 2.05) is 23.2 Å². The van der Waals surface area contributed by atoms with E-state index in [1.165, 1.54) is 12.8 Å². The monoisotopic (exact) mass is 313 g/mol. The molecule has 23 heavy (non-hydrogen) atoms. The maximum absolute atomic E-state index is 12.9. The van der Waals surface area contributed by atoms with E-state index in [-0.39, 0.29) is 11.3 Å². The fourth-order valence-corrected chi connectivity index (χ4v) is 3.10. The Bertz CT molecular complexity index is 747. The summed E-state index contributed by atoms with van der Waals surface area (Å²) in [5.74, 6) is 1.81. The fraction of sp³-hybridized carbons (Fsp3) is 0.556. The first-order chi connectivity index (χ1) is 10.9. The summed E-state index contributed by atoms with van der Waals surface area (Å²) < 4.78 is 8.03. The van der Waals surface area contributed by atoms with Gasteiger partial charge in [0.25, 0.3) is 5.91 Å². The first-order valence-corrected chi connectivity index (χ1v) is 8.38. The second kappa shape index (κ2) is 4.98. The Hall–Kier alpha value is -2.04. The largest absolute Gasteiger partial charge is 0.445 e. The van der Waals surface area contributed by atoms with Gasteiger partial charge in [-0.1, -0.05) is 20.8 Å². The molecule has 0 atom stereocenters. The summed E-state index contributed by atoms with van der Waals surface area (Å²) in [6.45, 7) is 7.52. The molecule has 0 bridgehead atoms. The van der Waals surface area contributed by atoms with E-state index in [1.54, 1.807) is 0 Å². The van der Waals surface area contributed by atoms with Crippen LogP contribution in [0, 0.1) is 0 Å². The van der Waals surface area contributed by atoms with Gasteiger partial charge in [-0.15, -0.1) is 0 Å². The molecular formula is C18H23N3O2. The van der Waals surface area contributed by atoms with Gasteiger partial charge in [0, 0.05) is 30.6 Å². The van der Waals surface area contributed by atoms with E-state index in [0.717, 1.165) is 29.5 Å². The molecule has 1 saturated carbocycles. The molecular weight excluding hydrogens is 290 g/mol. The number of rotatable bonds is 2. The van der Waals surface area contributed by atoms with E-state index < -0.39 is 0 Å². The van der Waals surface area contributed by atoms with Crippen molar-refractivity contribution in [1.29, 1.82) is 0 Å². The number of aromatic nitrogens is 2. The Balaban J connectivity index is 1.56. The van der Waals surface area contributed by atoms with Crippen LogP contribution in [0.25, 0.3) is 0 Å². The maximum Gasteiger partial charge on any atom is 0.270 e. The first-order valence-electron chi connectivity index (χ1n) is 8.38. The summed E-state index contributed by atoms with van der Waals surface area (Å²) in [6.07, 6.45) is 5.12. The van der Waals surface area contributed by atoms with Crippen LogP contribution < -0.4 is 0 Å². The molecule has 1 aliphatic carbocycles. The highest BCUT2D eigenvalue weighted by Crippen LogP contribution is 2.36. The molecule has 0 saturated heterocycles. The van der Waals surface area contributed by atoms with Crippen molar-refractivity contribution in [3.8, 4) is 0 Å². The lowest BCUT2D eigenvalue weighted by molar-refractivity contribution is 0.0716. The predicted octanol–water partition coefficient (Wildman–Crippen LogP) is 3.31. The molecule has 1 aliphatic heterocycles. The predicted molar refractivity (Wildman–Crippen MR) is 86.4 cm³/mol. The molecule has 5 heteroatoms. The van der Waals surface area contributed by atoms with Crippen LogP contribution in [-0.4, -0.2) is 26.9 Å². The van der Waals surface area contributed by atoms with Crippen LogP contribution in [0.4, 0.5) is 0 Å². The highest BCUT2D eigenvalue weighted by Gasteiger charge is 2.32. The molecule has 5 nitrogen and oxygen atoms in total. The van der Waals surface area contributed by atoms with Crippen molar-refractivity contribution in [3.05, 3.63) is 41.4 Å². The molecule has 2 aromatic heterocycles. The van der Waals surface area contributed by atoms with Gasteiger partial charge in [0.1, 0.15) is 17.1 Å². The van der Waals surface area contributed by atoms with Gasteiger partial charge >= 0.3 is 0 Å². The minimum atomic E-state index is -0.104. The molecule has 1 amide bonds. The lowest BCUT2D eigenvalue weighted by atomic mass is 9.97. The normalized spacial score (nSPS) is 18.1. The van der Waals surface area contributed by atoms with Crippen LogP contribution in [0.2, 0.25) is 0 Å². The van der Waals surface area contributed by atoms with Crippen molar-refractivity contribution in [3.63, 3.8) is 0 Å². The lowest BCUT2D eigenvalue weighted by Crippen LogP contribution is -2.36. The fourth-order valence-electron chi connectivity index (χ4n) is 3.10. The number of hydrogen-bond donors (Lipinski definition) is 0. The van der Waals surface area contributed by atoms with Crippen LogP contribution >= 0.6 is 0 Å². The highest BCUT2D eigenvalue weighted by atomic mass is 16.4. The number of carbonyl (C=O) groups is 1. The van der Waals surface area contributed by atoms with Crippen molar-refractivity contribution < 1.29 is 9.21 Å². The standard InChI is InChI=1S/C18H23N3O2/c1-18(2,3)17-19-13-11-20(10-8-15(13)23-17)16(22)14-5-4-9-21(14)12-6-7-12/h4-5,9,12H,6-8,10-11H2,1-3H3. The Kier molecular flexibility index (Phi) is 3.15. The van der Waals surface area contributed by atoms with Gasteiger partial charge in [0.2, 0.25) is 0 Å². The Labute approximate surface area is 136 Å². The Morgan fingerprint density at radius 2 is 2.13 bits per heavy atom. The second-order valence-corrected chi connectivity index (χ2v) is 7.65. The summed E-state index contributed by atoms with van der Waals surface area (Å²) in [5, 5.41) is 0. The third-order valence-electron chi connectivity index (χ3n) is 4.59. The minimum absolute atomic E-state index is 0.104. The average molecular weight is 313 g/mol. The van der Waals surface area contributed by atoms with E-state index in [0.29, 0.717) is 19.1 Å². The van der Waals surface area contributed by atoms with Crippen LogP contribution in [0.3, 0.4) is 0 Å². The van der Waals surface area contributed by atoms with Gasteiger partial charge in [0.15, 0.2) is 5.89 Å². The van der Waals surface area contributed by atoms with E-state index in [9.17, 15) is 4.79 Å².